The van der Waals surface area contributed by atoms with Gasteiger partial charge in [0.15, 0.2) is 0 Å². The zero-order chi connectivity index (χ0) is 10.8. The third-order valence-corrected chi connectivity index (χ3v) is 3.33. The Hall–Kier alpha value is -0.900. The molecule has 78 valence electrons. The van der Waals surface area contributed by atoms with Gasteiger partial charge in [-0.3, -0.25) is 0 Å². The van der Waals surface area contributed by atoms with E-state index in [1.54, 1.807) is 11.3 Å². The Kier molecular flexibility index (Phi) is 3.05. The molecule has 0 bridgehead atoms. The van der Waals surface area contributed by atoms with Crippen LogP contribution in [0.5, 0.6) is 0 Å². The summed E-state index contributed by atoms with van der Waals surface area (Å²) >= 11 is 7.67. The lowest BCUT2D eigenvalue weighted by molar-refractivity contribution is 0.835. The number of benzene rings is 1. The molecule has 15 heavy (non-hydrogen) atoms. The fourth-order valence-electron chi connectivity index (χ4n) is 1.41. The first-order valence-electron chi connectivity index (χ1n) is 4.60. The molecule has 2 nitrogen and oxygen atoms in total. The summed E-state index contributed by atoms with van der Waals surface area (Å²) in [5.41, 5.74) is 7.89. The molecule has 0 fully saturated rings. The van der Waals surface area contributed by atoms with Crippen LogP contribution in [0.3, 0.4) is 0 Å². The molecule has 0 spiro atoms. The number of aryl methyl sites for hydroxylation is 1. The van der Waals surface area contributed by atoms with Crippen molar-refractivity contribution in [3.05, 3.63) is 50.9 Å². The van der Waals surface area contributed by atoms with E-state index in [4.69, 9.17) is 17.3 Å². The first-order valence-corrected chi connectivity index (χ1v) is 5.86. The van der Waals surface area contributed by atoms with Gasteiger partial charge < -0.3 is 5.73 Å². The van der Waals surface area contributed by atoms with Crippen molar-refractivity contribution in [3.63, 3.8) is 0 Å². The average Bonchev–Trinajstić information content (AvgIpc) is 2.65. The summed E-state index contributed by atoms with van der Waals surface area (Å²) in [6.45, 7) is 1.97. The van der Waals surface area contributed by atoms with E-state index in [0.29, 0.717) is 5.02 Å². The zero-order valence-electron chi connectivity index (χ0n) is 8.27. The van der Waals surface area contributed by atoms with Gasteiger partial charge >= 0.3 is 0 Å². The topological polar surface area (TPSA) is 38.9 Å². The quantitative estimate of drug-likeness (QED) is 0.873. The van der Waals surface area contributed by atoms with Crippen LogP contribution in [0.15, 0.2) is 29.6 Å². The van der Waals surface area contributed by atoms with Gasteiger partial charge in [-0.2, -0.15) is 0 Å². The second-order valence-corrected chi connectivity index (χ2v) is 4.76. The Labute approximate surface area is 97.7 Å². The molecule has 0 aliphatic carbocycles. The maximum atomic E-state index is 6.09. The Bertz CT molecular complexity index is 467. The molecule has 2 rings (SSSR count). The summed E-state index contributed by atoms with van der Waals surface area (Å²) in [4.78, 5) is 4.36. The minimum absolute atomic E-state index is 0.233. The van der Waals surface area contributed by atoms with Crippen molar-refractivity contribution in [1.29, 1.82) is 0 Å². The molecule has 0 radical (unpaired) electrons. The lowest BCUT2D eigenvalue weighted by atomic mass is 10.1. The summed E-state index contributed by atoms with van der Waals surface area (Å²) in [6, 6.07) is 7.37. The third kappa shape index (κ3) is 2.20. The molecule has 1 aromatic heterocycles. The smallest absolute Gasteiger partial charge is 0.0898 e. The van der Waals surface area contributed by atoms with Gasteiger partial charge in [-0.15, -0.1) is 11.3 Å². The summed E-state index contributed by atoms with van der Waals surface area (Å²) in [5.74, 6) is 0. The van der Waals surface area contributed by atoms with Crippen LogP contribution in [0.2, 0.25) is 5.02 Å². The van der Waals surface area contributed by atoms with Gasteiger partial charge in [0.05, 0.1) is 16.7 Å². The molecule has 1 aromatic carbocycles. The van der Waals surface area contributed by atoms with E-state index in [2.05, 4.69) is 4.98 Å². The third-order valence-electron chi connectivity index (χ3n) is 2.20. The predicted octanol–water partition coefficient (Wildman–Crippen LogP) is 3.15. The molecule has 4 heteroatoms. The molecule has 0 aliphatic heterocycles. The normalized spacial score (nSPS) is 12.7. The van der Waals surface area contributed by atoms with Gasteiger partial charge in [0.25, 0.3) is 0 Å². The van der Waals surface area contributed by atoms with Crippen LogP contribution >= 0.6 is 22.9 Å². The molecular formula is C11H11ClN2S. The average molecular weight is 239 g/mol. The second-order valence-electron chi connectivity index (χ2n) is 3.29. The van der Waals surface area contributed by atoms with E-state index in [1.807, 2.05) is 36.6 Å². The molecule has 0 saturated heterocycles. The minimum atomic E-state index is -0.233. The maximum Gasteiger partial charge on any atom is 0.0898 e. The van der Waals surface area contributed by atoms with Crippen molar-refractivity contribution in [2.45, 2.75) is 13.0 Å². The van der Waals surface area contributed by atoms with Gasteiger partial charge in [-0.05, 0) is 18.6 Å². The highest BCUT2D eigenvalue weighted by Crippen LogP contribution is 2.26. The van der Waals surface area contributed by atoms with Crippen molar-refractivity contribution in [1.82, 2.24) is 4.98 Å². The van der Waals surface area contributed by atoms with Crippen LogP contribution < -0.4 is 5.73 Å². The number of nitrogens with two attached hydrogens (primary N) is 1. The zero-order valence-corrected chi connectivity index (χ0v) is 9.85. The Morgan fingerprint density at radius 3 is 2.73 bits per heavy atom. The van der Waals surface area contributed by atoms with Crippen molar-refractivity contribution >= 4 is 22.9 Å². The number of aromatic nitrogens is 1. The minimum Gasteiger partial charge on any atom is -0.319 e. The second kappa shape index (κ2) is 4.31. The van der Waals surface area contributed by atoms with Crippen LogP contribution in [0.4, 0.5) is 0 Å². The highest BCUT2D eigenvalue weighted by Gasteiger charge is 2.14. The van der Waals surface area contributed by atoms with Gasteiger partial charge in [0.1, 0.15) is 0 Å². The highest BCUT2D eigenvalue weighted by molar-refractivity contribution is 7.09. The summed E-state index contributed by atoms with van der Waals surface area (Å²) in [6.07, 6.45) is 0. The number of hydrogen-bond acceptors (Lipinski definition) is 3. The fraction of sp³-hybridized carbons (Fsp3) is 0.182. The van der Waals surface area contributed by atoms with E-state index < -0.39 is 0 Å². The Morgan fingerprint density at radius 1 is 1.40 bits per heavy atom. The molecule has 2 aromatic rings. The van der Waals surface area contributed by atoms with Crippen molar-refractivity contribution in [2.75, 3.05) is 0 Å². The van der Waals surface area contributed by atoms with E-state index in [9.17, 15) is 0 Å². The first kappa shape index (κ1) is 10.6. The molecule has 0 saturated carbocycles. The van der Waals surface area contributed by atoms with Gasteiger partial charge in [-0.1, -0.05) is 29.8 Å². The molecular weight excluding hydrogens is 228 g/mol. The molecule has 1 heterocycles. The van der Waals surface area contributed by atoms with Gasteiger partial charge in [0.2, 0.25) is 0 Å². The molecule has 2 N–H and O–H groups in total. The van der Waals surface area contributed by atoms with Crippen LogP contribution in [-0.4, -0.2) is 4.98 Å². The largest absolute Gasteiger partial charge is 0.319 e. The van der Waals surface area contributed by atoms with Crippen LogP contribution in [0.25, 0.3) is 0 Å². The SMILES string of the molecule is Cc1nc(C(N)c2ccccc2Cl)cs1. The Balaban J connectivity index is 2.36. The van der Waals surface area contributed by atoms with Gasteiger partial charge in [0, 0.05) is 10.4 Å². The summed E-state index contributed by atoms with van der Waals surface area (Å²) in [7, 11) is 0. The highest BCUT2D eigenvalue weighted by atomic mass is 35.5. The monoisotopic (exact) mass is 238 g/mol. The van der Waals surface area contributed by atoms with E-state index in [1.165, 1.54) is 0 Å². The number of halogens is 1. The standard InChI is InChI=1S/C11H11ClN2S/c1-7-14-10(6-15-7)11(13)8-4-2-3-5-9(8)12/h2-6,11H,13H2,1H3. The van der Waals surface area contributed by atoms with Crippen LogP contribution in [0.1, 0.15) is 22.3 Å². The first-order chi connectivity index (χ1) is 7.18. The maximum absolute atomic E-state index is 6.09. The summed E-state index contributed by atoms with van der Waals surface area (Å²) in [5, 5.41) is 3.69. The summed E-state index contributed by atoms with van der Waals surface area (Å²) < 4.78 is 0. The predicted molar refractivity (Wildman–Crippen MR) is 64.3 cm³/mol. The molecule has 1 atom stereocenters. The number of hydrogen-bond donors (Lipinski definition) is 1. The molecule has 0 aliphatic rings. The fourth-order valence-corrected chi connectivity index (χ4v) is 2.31. The lowest BCUT2D eigenvalue weighted by Crippen LogP contribution is -2.12. The number of rotatable bonds is 2. The van der Waals surface area contributed by atoms with Crippen LogP contribution in [-0.2, 0) is 0 Å². The Morgan fingerprint density at radius 2 is 2.13 bits per heavy atom. The molecule has 0 amide bonds. The van der Waals surface area contributed by atoms with Crippen LogP contribution in [0, 0.1) is 6.92 Å². The van der Waals surface area contributed by atoms with E-state index in [0.717, 1.165) is 16.3 Å². The van der Waals surface area contributed by atoms with Crippen molar-refractivity contribution in [2.24, 2.45) is 5.73 Å². The number of nitrogens with zero attached hydrogens (tertiary/aromatic N) is 1. The van der Waals surface area contributed by atoms with E-state index in [-0.39, 0.29) is 6.04 Å². The van der Waals surface area contributed by atoms with Gasteiger partial charge in [-0.25, -0.2) is 4.98 Å². The van der Waals surface area contributed by atoms with Crippen molar-refractivity contribution in [3.8, 4) is 0 Å². The lowest BCUT2D eigenvalue weighted by Gasteiger charge is -2.10. The van der Waals surface area contributed by atoms with Crippen molar-refractivity contribution < 1.29 is 0 Å². The number of thiazole rings is 1. The molecule has 1 unspecified atom stereocenters. The van der Waals surface area contributed by atoms with E-state index >= 15 is 0 Å².